The van der Waals surface area contributed by atoms with E-state index in [-0.39, 0.29) is 11.8 Å². The van der Waals surface area contributed by atoms with Gasteiger partial charge in [-0.2, -0.15) is 0 Å². The molecular formula is C19H19N3O2S2. The molecule has 26 heavy (non-hydrogen) atoms. The van der Waals surface area contributed by atoms with Gasteiger partial charge in [0.05, 0.1) is 11.4 Å². The third-order valence-electron chi connectivity index (χ3n) is 5.43. The number of thioether (sulfide) groups is 1. The lowest BCUT2D eigenvalue weighted by molar-refractivity contribution is -0.121. The first kappa shape index (κ1) is 16.3. The van der Waals surface area contributed by atoms with E-state index in [0.29, 0.717) is 23.9 Å². The molecule has 5 rings (SSSR count). The van der Waals surface area contributed by atoms with E-state index >= 15 is 0 Å². The maximum atomic E-state index is 13.3. The van der Waals surface area contributed by atoms with Crippen molar-refractivity contribution in [2.24, 2.45) is 5.92 Å². The average molecular weight is 386 g/mol. The van der Waals surface area contributed by atoms with E-state index in [1.54, 1.807) is 16.2 Å². The number of carbonyl (C=O) groups is 2. The molecule has 7 heteroatoms. The van der Waals surface area contributed by atoms with Crippen molar-refractivity contribution in [1.29, 1.82) is 0 Å². The van der Waals surface area contributed by atoms with Gasteiger partial charge in [-0.15, -0.1) is 11.3 Å². The van der Waals surface area contributed by atoms with Crippen LogP contribution in [0.25, 0.3) is 0 Å². The Morgan fingerprint density at radius 2 is 2.19 bits per heavy atom. The fourth-order valence-electron chi connectivity index (χ4n) is 4.09. The maximum Gasteiger partial charge on any atom is 0.263 e. The molecule has 1 aliphatic carbocycles. The number of amides is 2. The summed E-state index contributed by atoms with van der Waals surface area (Å²) in [7, 11) is 0. The number of nitrogens with zero attached hydrogens (tertiary/aromatic N) is 2. The van der Waals surface area contributed by atoms with Gasteiger partial charge in [0.15, 0.2) is 10.0 Å². The normalized spacial score (nSPS) is 26.4. The molecule has 0 radical (unpaired) electrons. The van der Waals surface area contributed by atoms with Gasteiger partial charge in [0.25, 0.3) is 5.91 Å². The van der Waals surface area contributed by atoms with Crippen molar-refractivity contribution >= 4 is 45.7 Å². The minimum atomic E-state index is -0.875. The minimum absolute atomic E-state index is 0.0184. The molecule has 2 aromatic rings. The van der Waals surface area contributed by atoms with Crippen LogP contribution in [-0.4, -0.2) is 21.7 Å². The predicted molar refractivity (Wildman–Crippen MR) is 104 cm³/mol. The second kappa shape index (κ2) is 5.82. The van der Waals surface area contributed by atoms with Crippen molar-refractivity contribution in [3.8, 4) is 0 Å². The molecule has 134 valence electrons. The summed E-state index contributed by atoms with van der Waals surface area (Å²) in [6.07, 6.45) is 4.11. The van der Waals surface area contributed by atoms with Crippen LogP contribution in [0.5, 0.6) is 0 Å². The predicted octanol–water partition coefficient (Wildman–Crippen LogP) is 3.84. The van der Waals surface area contributed by atoms with Gasteiger partial charge in [-0.1, -0.05) is 30.8 Å². The molecule has 3 heterocycles. The lowest BCUT2D eigenvalue weighted by Crippen LogP contribution is -2.49. The molecule has 5 nitrogen and oxygen atoms in total. The van der Waals surface area contributed by atoms with Crippen LogP contribution in [0.1, 0.15) is 36.8 Å². The summed E-state index contributed by atoms with van der Waals surface area (Å²) in [6.45, 7) is 2.26. The van der Waals surface area contributed by atoms with Crippen LogP contribution >= 0.6 is 23.1 Å². The average Bonchev–Trinajstić information content (AvgIpc) is 3.26. The summed E-state index contributed by atoms with van der Waals surface area (Å²) in [5, 5.41) is 3.69. The minimum Gasteiger partial charge on any atom is -0.299 e. The molecule has 1 N–H and O–H groups in total. The van der Waals surface area contributed by atoms with Crippen molar-refractivity contribution in [3.63, 3.8) is 0 Å². The number of nitrogens with one attached hydrogen (secondary N) is 1. The van der Waals surface area contributed by atoms with Crippen LogP contribution in [0.4, 0.5) is 10.8 Å². The van der Waals surface area contributed by atoms with Crippen LogP contribution in [0, 0.1) is 5.92 Å². The van der Waals surface area contributed by atoms with Gasteiger partial charge >= 0.3 is 0 Å². The number of hydrogen-bond donors (Lipinski definition) is 1. The number of para-hydroxylation sites is 1. The molecule has 1 saturated heterocycles. The largest absolute Gasteiger partial charge is 0.299 e. The van der Waals surface area contributed by atoms with E-state index in [1.165, 1.54) is 16.6 Å². The van der Waals surface area contributed by atoms with E-state index < -0.39 is 4.87 Å². The topological polar surface area (TPSA) is 62.3 Å². The van der Waals surface area contributed by atoms with E-state index in [4.69, 9.17) is 0 Å². The molecule has 3 aliphatic rings. The standard InChI is InChI=1S/C19H19N3O2S2/c1-11-6-7-12-15(10-11)25-18(20-12)21-17(24)19-9-8-16(23)22(19)13-4-2-3-5-14(13)26-19/h2-5,11H,6-10H2,1H3,(H,20,21,24). The van der Waals surface area contributed by atoms with Crippen LogP contribution in [0.3, 0.4) is 0 Å². The fraction of sp³-hybridized carbons (Fsp3) is 0.421. The molecule has 2 atom stereocenters. The zero-order valence-corrected chi connectivity index (χ0v) is 16.1. The van der Waals surface area contributed by atoms with E-state index in [1.807, 2.05) is 24.3 Å². The number of aryl methyl sites for hydroxylation is 1. The Balaban J connectivity index is 1.45. The smallest absolute Gasteiger partial charge is 0.263 e. The lowest BCUT2D eigenvalue weighted by Gasteiger charge is -2.29. The molecule has 0 saturated carbocycles. The summed E-state index contributed by atoms with van der Waals surface area (Å²) in [5.74, 6) is 0.557. The molecule has 2 aliphatic heterocycles. The zero-order valence-electron chi connectivity index (χ0n) is 14.4. The summed E-state index contributed by atoms with van der Waals surface area (Å²) in [5.41, 5.74) is 1.98. The van der Waals surface area contributed by atoms with E-state index in [0.717, 1.165) is 35.5 Å². The summed E-state index contributed by atoms with van der Waals surface area (Å²) >= 11 is 3.08. The maximum absolute atomic E-state index is 13.3. The van der Waals surface area contributed by atoms with Gasteiger partial charge in [-0.05, 0) is 43.7 Å². The van der Waals surface area contributed by atoms with Gasteiger partial charge < -0.3 is 0 Å². The third-order valence-corrected chi connectivity index (χ3v) is 7.94. The van der Waals surface area contributed by atoms with Crippen LogP contribution < -0.4 is 10.2 Å². The van der Waals surface area contributed by atoms with E-state index in [9.17, 15) is 9.59 Å². The van der Waals surface area contributed by atoms with Gasteiger partial charge in [0.2, 0.25) is 5.91 Å². The number of thiazole rings is 1. The number of fused-ring (bicyclic) bond motifs is 4. The number of hydrogen-bond acceptors (Lipinski definition) is 5. The van der Waals surface area contributed by atoms with Crippen molar-refractivity contribution in [3.05, 3.63) is 34.8 Å². The molecule has 2 unspecified atom stereocenters. The molecule has 1 aromatic heterocycles. The Morgan fingerprint density at radius 3 is 3.08 bits per heavy atom. The SMILES string of the molecule is CC1CCc2nc(NC(=O)C34CCC(=O)N3c3ccccc3S4)sc2C1. The molecule has 2 amide bonds. The lowest BCUT2D eigenvalue weighted by atomic mass is 9.93. The van der Waals surface area contributed by atoms with E-state index in [2.05, 4.69) is 17.2 Å². The van der Waals surface area contributed by atoms with Gasteiger partial charge in [0.1, 0.15) is 0 Å². The monoisotopic (exact) mass is 385 g/mol. The van der Waals surface area contributed by atoms with Crippen LogP contribution in [0.2, 0.25) is 0 Å². The summed E-state index contributed by atoms with van der Waals surface area (Å²) < 4.78 is 0. The molecule has 1 aromatic carbocycles. The quantitative estimate of drug-likeness (QED) is 0.853. The van der Waals surface area contributed by atoms with Crippen molar-refractivity contribution in [1.82, 2.24) is 4.98 Å². The molecular weight excluding hydrogens is 366 g/mol. The van der Waals surface area contributed by atoms with Crippen molar-refractivity contribution < 1.29 is 9.59 Å². The second-order valence-corrected chi connectivity index (χ2v) is 9.68. The van der Waals surface area contributed by atoms with Gasteiger partial charge in [-0.3, -0.25) is 19.8 Å². The van der Waals surface area contributed by atoms with Crippen LogP contribution in [0.15, 0.2) is 29.2 Å². The summed E-state index contributed by atoms with van der Waals surface area (Å²) in [4.78, 5) is 33.5. The Hall–Kier alpha value is -1.86. The Labute approximate surface area is 160 Å². The Morgan fingerprint density at radius 1 is 1.35 bits per heavy atom. The highest BCUT2D eigenvalue weighted by Gasteiger charge is 2.57. The first-order valence-corrected chi connectivity index (χ1v) is 10.6. The highest BCUT2D eigenvalue weighted by Crippen LogP contribution is 2.56. The summed E-state index contributed by atoms with van der Waals surface area (Å²) in [6, 6.07) is 7.75. The Kier molecular flexibility index (Phi) is 3.66. The number of carbonyl (C=O) groups excluding carboxylic acids is 2. The number of anilines is 2. The van der Waals surface area contributed by atoms with Gasteiger partial charge in [-0.25, -0.2) is 4.98 Å². The first-order valence-electron chi connectivity index (χ1n) is 8.98. The molecule has 1 fully saturated rings. The van der Waals surface area contributed by atoms with Crippen molar-refractivity contribution in [2.45, 2.75) is 48.8 Å². The number of benzene rings is 1. The van der Waals surface area contributed by atoms with Crippen molar-refractivity contribution in [2.75, 3.05) is 10.2 Å². The fourth-order valence-corrected chi connectivity index (χ4v) is 6.67. The third kappa shape index (κ3) is 2.33. The zero-order chi connectivity index (χ0) is 17.9. The first-order chi connectivity index (χ1) is 12.6. The second-order valence-electron chi connectivity index (χ2n) is 7.27. The molecule has 0 spiro atoms. The number of rotatable bonds is 2. The van der Waals surface area contributed by atoms with Crippen LogP contribution in [-0.2, 0) is 22.4 Å². The number of aromatic nitrogens is 1. The highest BCUT2D eigenvalue weighted by atomic mass is 32.2. The van der Waals surface area contributed by atoms with Gasteiger partial charge in [0, 0.05) is 16.2 Å². The Bertz CT molecular complexity index is 925. The highest BCUT2D eigenvalue weighted by molar-refractivity contribution is 8.02. The molecule has 0 bridgehead atoms.